The Bertz CT molecular complexity index is 485. The molecule has 2 rings (SSSR count). The van der Waals surface area contributed by atoms with Gasteiger partial charge in [-0.15, -0.1) is 0 Å². The second kappa shape index (κ2) is 6.19. The lowest BCUT2D eigenvalue weighted by molar-refractivity contribution is 0.508. The SMILES string of the molecule is Cc1cc(F)cc(F)c1.Cc1ccc(F)c(F)c1. The normalized spacial score (nSPS) is 9.67. The van der Waals surface area contributed by atoms with Crippen LogP contribution in [0.25, 0.3) is 0 Å². The van der Waals surface area contributed by atoms with E-state index in [-0.39, 0.29) is 0 Å². The van der Waals surface area contributed by atoms with Crippen molar-refractivity contribution < 1.29 is 17.6 Å². The summed E-state index contributed by atoms with van der Waals surface area (Å²) in [6, 6.07) is 7.22. The van der Waals surface area contributed by atoms with E-state index >= 15 is 0 Å². The van der Waals surface area contributed by atoms with E-state index in [1.54, 1.807) is 13.8 Å². The molecule has 0 N–H and O–H groups in total. The Labute approximate surface area is 103 Å². The van der Waals surface area contributed by atoms with Crippen LogP contribution in [0.15, 0.2) is 36.4 Å². The van der Waals surface area contributed by atoms with Crippen LogP contribution in [-0.2, 0) is 0 Å². The standard InChI is InChI=1S/2C7H6F2/c1-5-2-6(8)4-7(9)3-5;1-5-2-3-6(8)7(9)4-5/h2*2-4H,1H3. The fourth-order valence-electron chi connectivity index (χ4n) is 1.29. The van der Waals surface area contributed by atoms with Crippen molar-refractivity contribution in [2.24, 2.45) is 0 Å². The summed E-state index contributed by atoms with van der Waals surface area (Å²) in [6.45, 7) is 3.36. The number of halogens is 4. The Hall–Kier alpha value is -1.84. The third-order valence-corrected chi connectivity index (χ3v) is 2.08. The van der Waals surface area contributed by atoms with Gasteiger partial charge in [0.2, 0.25) is 0 Å². The van der Waals surface area contributed by atoms with E-state index in [2.05, 4.69) is 0 Å². The molecule has 0 atom stereocenters. The minimum absolute atomic E-state index is 0.521. The highest BCUT2D eigenvalue weighted by atomic mass is 19.2. The van der Waals surface area contributed by atoms with Crippen LogP contribution in [0.1, 0.15) is 11.1 Å². The van der Waals surface area contributed by atoms with Crippen LogP contribution >= 0.6 is 0 Å². The van der Waals surface area contributed by atoms with Gasteiger partial charge in [0, 0.05) is 6.07 Å². The third kappa shape index (κ3) is 4.57. The molecule has 0 unspecified atom stereocenters. The van der Waals surface area contributed by atoms with Gasteiger partial charge in [-0.05, 0) is 49.2 Å². The van der Waals surface area contributed by atoms with Gasteiger partial charge < -0.3 is 0 Å². The molecule has 0 amide bonds. The molecule has 2 aromatic rings. The molecule has 0 radical (unpaired) electrons. The van der Waals surface area contributed by atoms with Gasteiger partial charge in [0.25, 0.3) is 0 Å². The predicted octanol–water partition coefficient (Wildman–Crippen LogP) is 4.55. The number of benzene rings is 2. The van der Waals surface area contributed by atoms with Crippen molar-refractivity contribution in [2.75, 3.05) is 0 Å². The minimum Gasteiger partial charge on any atom is -0.207 e. The lowest BCUT2D eigenvalue weighted by atomic mass is 10.2. The highest BCUT2D eigenvalue weighted by Gasteiger charge is 1.97. The molecule has 0 nitrogen and oxygen atoms in total. The van der Waals surface area contributed by atoms with E-state index in [0.717, 1.165) is 23.8 Å². The molecule has 0 aliphatic rings. The summed E-state index contributed by atoms with van der Waals surface area (Å²) >= 11 is 0. The van der Waals surface area contributed by atoms with Gasteiger partial charge in [0.05, 0.1) is 0 Å². The zero-order valence-corrected chi connectivity index (χ0v) is 9.98. The third-order valence-electron chi connectivity index (χ3n) is 2.08. The zero-order valence-electron chi connectivity index (χ0n) is 9.98. The molecule has 0 fully saturated rings. The van der Waals surface area contributed by atoms with Gasteiger partial charge in [0.1, 0.15) is 11.6 Å². The summed E-state index contributed by atoms with van der Waals surface area (Å²) in [5, 5.41) is 0. The fourth-order valence-corrected chi connectivity index (χ4v) is 1.29. The van der Waals surface area contributed by atoms with Crippen molar-refractivity contribution in [3.05, 3.63) is 70.8 Å². The molecule has 0 bridgehead atoms. The van der Waals surface area contributed by atoms with Crippen LogP contribution < -0.4 is 0 Å². The van der Waals surface area contributed by atoms with E-state index in [4.69, 9.17) is 0 Å². The zero-order chi connectivity index (χ0) is 13.7. The first-order chi connectivity index (χ1) is 8.38. The maximum Gasteiger partial charge on any atom is 0.159 e. The first kappa shape index (κ1) is 14.2. The predicted molar refractivity (Wildman–Crippen MR) is 62.2 cm³/mol. The Morgan fingerprint density at radius 2 is 1.17 bits per heavy atom. The van der Waals surface area contributed by atoms with E-state index in [9.17, 15) is 17.6 Å². The summed E-state index contributed by atoms with van der Waals surface area (Å²) in [7, 11) is 0. The Balaban J connectivity index is 0.000000180. The smallest absolute Gasteiger partial charge is 0.159 e. The van der Waals surface area contributed by atoms with Crippen molar-refractivity contribution in [3.63, 3.8) is 0 Å². The van der Waals surface area contributed by atoms with Crippen molar-refractivity contribution in [3.8, 4) is 0 Å². The summed E-state index contributed by atoms with van der Waals surface area (Å²) in [6.07, 6.45) is 0. The van der Waals surface area contributed by atoms with Crippen LogP contribution in [0.5, 0.6) is 0 Å². The highest BCUT2D eigenvalue weighted by molar-refractivity contribution is 5.16. The lowest BCUT2D eigenvalue weighted by Crippen LogP contribution is -1.82. The summed E-state index contributed by atoms with van der Waals surface area (Å²) in [5.74, 6) is -2.62. The molecule has 0 aliphatic heterocycles. The molecule has 0 spiro atoms. The van der Waals surface area contributed by atoms with Crippen molar-refractivity contribution >= 4 is 0 Å². The summed E-state index contributed by atoms with van der Waals surface area (Å²) in [4.78, 5) is 0. The van der Waals surface area contributed by atoms with Crippen LogP contribution in [0.4, 0.5) is 17.6 Å². The number of rotatable bonds is 0. The second-order valence-corrected chi connectivity index (χ2v) is 3.86. The van der Waals surface area contributed by atoms with Crippen LogP contribution in [0.2, 0.25) is 0 Å². The number of hydrogen-bond acceptors (Lipinski definition) is 0. The first-order valence-corrected chi connectivity index (χ1v) is 5.23. The Morgan fingerprint density at radius 3 is 1.56 bits per heavy atom. The Kier molecular flexibility index (Phi) is 4.89. The molecule has 0 saturated heterocycles. The summed E-state index contributed by atoms with van der Waals surface area (Å²) < 4.78 is 48.7. The van der Waals surface area contributed by atoms with Crippen LogP contribution in [-0.4, -0.2) is 0 Å². The molecule has 0 saturated carbocycles. The van der Waals surface area contributed by atoms with Crippen molar-refractivity contribution in [1.82, 2.24) is 0 Å². The van der Waals surface area contributed by atoms with Crippen LogP contribution in [0.3, 0.4) is 0 Å². The van der Waals surface area contributed by atoms with E-state index in [0.29, 0.717) is 5.56 Å². The molecule has 4 heteroatoms. The van der Waals surface area contributed by atoms with Gasteiger partial charge in [-0.2, -0.15) is 0 Å². The second-order valence-electron chi connectivity index (χ2n) is 3.86. The van der Waals surface area contributed by atoms with E-state index in [1.807, 2.05) is 0 Å². The molecule has 0 aromatic heterocycles. The van der Waals surface area contributed by atoms with Gasteiger partial charge in [-0.3, -0.25) is 0 Å². The van der Waals surface area contributed by atoms with Gasteiger partial charge in [-0.25, -0.2) is 17.6 Å². The molecule has 0 aliphatic carbocycles. The highest BCUT2D eigenvalue weighted by Crippen LogP contribution is 2.06. The van der Waals surface area contributed by atoms with Crippen LogP contribution in [0, 0.1) is 37.1 Å². The molecular formula is C14H12F4. The van der Waals surface area contributed by atoms with Crippen molar-refractivity contribution in [2.45, 2.75) is 13.8 Å². The fraction of sp³-hybridized carbons (Fsp3) is 0.143. The number of aryl methyl sites for hydroxylation is 2. The van der Waals surface area contributed by atoms with E-state index in [1.165, 1.54) is 18.2 Å². The largest absolute Gasteiger partial charge is 0.207 e. The average molecular weight is 256 g/mol. The maximum absolute atomic E-state index is 12.2. The summed E-state index contributed by atoms with van der Waals surface area (Å²) in [5.41, 5.74) is 1.33. The molecule has 0 heterocycles. The van der Waals surface area contributed by atoms with E-state index < -0.39 is 23.3 Å². The van der Waals surface area contributed by atoms with Gasteiger partial charge in [-0.1, -0.05) is 6.07 Å². The minimum atomic E-state index is -0.791. The monoisotopic (exact) mass is 256 g/mol. The van der Waals surface area contributed by atoms with Gasteiger partial charge >= 0.3 is 0 Å². The first-order valence-electron chi connectivity index (χ1n) is 5.23. The molecule has 18 heavy (non-hydrogen) atoms. The molecule has 96 valence electrons. The Morgan fingerprint density at radius 1 is 0.611 bits per heavy atom. The average Bonchev–Trinajstić information content (AvgIpc) is 2.23. The molecular weight excluding hydrogens is 244 g/mol. The van der Waals surface area contributed by atoms with Gasteiger partial charge in [0.15, 0.2) is 11.6 Å². The topological polar surface area (TPSA) is 0 Å². The van der Waals surface area contributed by atoms with Crippen molar-refractivity contribution in [1.29, 1.82) is 0 Å². The molecule has 2 aromatic carbocycles. The maximum atomic E-state index is 12.2. The number of hydrogen-bond donors (Lipinski definition) is 0. The lowest BCUT2D eigenvalue weighted by Gasteiger charge is -1.91. The quantitative estimate of drug-likeness (QED) is 0.607.